The molecular formula is C28H26N2O12P2. The molecule has 0 aromatic heterocycles. The summed E-state index contributed by atoms with van der Waals surface area (Å²) in [4.78, 5) is 61.0. The summed E-state index contributed by atoms with van der Waals surface area (Å²) in [5, 5.41) is 5.30. The summed E-state index contributed by atoms with van der Waals surface area (Å²) >= 11 is 0. The summed E-state index contributed by atoms with van der Waals surface area (Å²) in [6, 6.07) is 25.6. The molecule has 44 heavy (non-hydrogen) atoms. The van der Waals surface area contributed by atoms with Crippen LogP contribution in [-0.2, 0) is 20.5 Å². The van der Waals surface area contributed by atoms with E-state index >= 15 is 0 Å². The van der Waals surface area contributed by atoms with Crippen molar-refractivity contribution >= 4 is 33.1 Å². The Bertz CT molecular complexity index is 1690. The van der Waals surface area contributed by atoms with Gasteiger partial charge in [-0.2, -0.15) is 0 Å². The van der Waals surface area contributed by atoms with Crippen LogP contribution in [0.2, 0.25) is 0 Å². The second-order valence-electron chi connectivity index (χ2n) is 8.93. The predicted octanol–water partition coefficient (Wildman–Crippen LogP) is 4.37. The molecule has 0 radical (unpaired) electrons. The van der Waals surface area contributed by atoms with Gasteiger partial charge in [0.05, 0.1) is 0 Å². The summed E-state index contributed by atoms with van der Waals surface area (Å²) < 4.78 is 42.4. The van der Waals surface area contributed by atoms with Crippen molar-refractivity contribution in [2.24, 2.45) is 0 Å². The Morgan fingerprint density at radius 2 is 1.27 bits per heavy atom. The van der Waals surface area contributed by atoms with Gasteiger partial charge < -0.3 is 29.2 Å². The molecule has 0 heterocycles. The zero-order valence-corrected chi connectivity index (χ0v) is 24.4. The van der Waals surface area contributed by atoms with Crippen LogP contribution < -0.4 is 29.2 Å². The predicted molar refractivity (Wildman–Crippen MR) is 156 cm³/mol. The monoisotopic (exact) mass is 644 g/mol. The highest BCUT2D eigenvalue weighted by Crippen LogP contribution is 2.47. The third kappa shape index (κ3) is 10.5. The highest BCUT2D eigenvalue weighted by molar-refractivity contribution is 7.47. The van der Waals surface area contributed by atoms with Gasteiger partial charge in [-0.1, -0.05) is 24.3 Å². The highest BCUT2D eigenvalue weighted by Gasteiger charge is 2.24. The van der Waals surface area contributed by atoms with Crippen molar-refractivity contribution in [1.29, 1.82) is 0 Å². The molecule has 0 saturated heterocycles. The Morgan fingerprint density at radius 1 is 0.682 bits per heavy atom. The number of para-hydroxylation sites is 1. The number of nitrogens with one attached hydrogen (secondary N) is 2. The molecule has 0 atom stereocenters. The van der Waals surface area contributed by atoms with Crippen molar-refractivity contribution in [3.63, 3.8) is 0 Å². The number of ether oxygens (including phenoxy) is 2. The molecule has 230 valence electrons. The van der Waals surface area contributed by atoms with Crippen LogP contribution in [0.25, 0.3) is 0 Å². The standard InChI is InChI=1S/C28H26N2O12P2/c31-27(29-17-19-6-15-25(41-43(33,34)35)26(16-19)42-44(36,37)38)18-39-22-11-7-20(8-12-22)28(32)30-21-9-13-24(14-10-21)40-23-4-2-1-3-5-23/h1-16H,17-18H2,(H,29,31)(H,30,32)(H2,33,34,35)(H2,36,37,38). The van der Waals surface area contributed by atoms with Crippen molar-refractivity contribution < 1.29 is 56.8 Å². The number of hydrogen-bond acceptors (Lipinski definition) is 8. The molecular weight excluding hydrogens is 618 g/mol. The smallest absolute Gasteiger partial charge is 0.484 e. The van der Waals surface area contributed by atoms with Crippen LogP contribution in [0.15, 0.2) is 97.1 Å². The maximum Gasteiger partial charge on any atom is 0.524 e. The number of carbonyl (C=O) groups is 2. The summed E-state index contributed by atoms with van der Waals surface area (Å²) in [6.07, 6.45) is 0. The van der Waals surface area contributed by atoms with Gasteiger partial charge in [-0.15, -0.1) is 0 Å². The quantitative estimate of drug-likeness (QED) is 0.112. The van der Waals surface area contributed by atoms with E-state index < -0.39 is 39.7 Å². The Kier molecular flexibility index (Phi) is 10.4. The molecule has 4 rings (SSSR count). The molecule has 6 N–H and O–H groups in total. The minimum Gasteiger partial charge on any atom is -0.484 e. The first-order valence-corrected chi connectivity index (χ1v) is 15.7. The summed E-state index contributed by atoms with van der Waals surface area (Å²) in [5.41, 5.74) is 1.19. The molecule has 0 unspecified atom stereocenters. The lowest BCUT2D eigenvalue weighted by atomic mass is 10.2. The van der Waals surface area contributed by atoms with E-state index in [2.05, 4.69) is 19.7 Å². The van der Waals surface area contributed by atoms with Gasteiger partial charge in [0.25, 0.3) is 11.8 Å². The van der Waals surface area contributed by atoms with Crippen LogP contribution >= 0.6 is 15.6 Å². The molecule has 4 aromatic rings. The van der Waals surface area contributed by atoms with Crippen molar-refractivity contribution in [1.82, 2.24) is 5.32 Å². The third-order valence-electron chi connectivity index (χ3n) is 5.51. The van der Waals surface area contributed by atoms with E-state index in [1.807, 2.05) is 30.3 Å². The molecule has 4 aromatic carbocycles. The van der Waals surface area contributed by atoms with Gasteiger partial charge in [0.15, 0.2) is 18.1 Å². The molecule has 0 aliphatic carbocycles. The van der Waals surface area contributed by atoms with Gasteiger partial charge >= 0.3 is 15.6 Å². The number of phosphoric ester groups is 2. The van der Waals surface area contributed by atoms with Crippen LogP contribution in [0.4, 0.5) is 5.69 Å². The molecule has 16 heteroatoms. The Balaban J connectivity index is 1.25. The van der Waals surface area contributed by atoms with Crippen LogP contribution in [0.3, 0.4) is 0 Å². The zero-order valence-electron chi connectivity index (χ0n) is 22.6. The van der Waals surface area contributed by atoms with Gasteiger partial charge in [0.2, 0.25) is 0 Å². The lowest BCUT2D eigenvalue weighted by Gasteiger charge is -2.15. The van der Waals surface area contributed by atoms with Crippen LogP contribution in [0.5, 0.6) is 28.7 Å². The number of hydrogen-bond donors (Lipinski definition) is 6. The van der Waals surface area contributed by atoms with Crippen LogP contribution in [0.1, 0.15) is 15.9 Å². The molecule has 0 bridgehead atoms. The second kappa shape index (κ2) is 14.2. The maximum absolute atomic E-state index is 12.6. The molecule has 14 nitrogen and oxygen atoms in total. The Morgan fingerprint density at radius 3 is 1.91 bits per heavy atom. The van der Waals surface area contributed by atoms with Gasteiger partial charge in [0, 0.05) is 17.8 Å². The minimum atomic E-state index is -5.09. The first-order valence-electron chi connectivity index (χ1n) is 12.6. The van der Waals surface area contributed by atoms with Crippen molar-refractivity contribution in [2.75, 3.05) is 11.9 Å². The molecule has 0 aliphatic rings. The highest BCUT2D eigenvalue weighted by atomic mass is 31.2. The Hall–Kier alpha value is -4.68. The van der Waals surface area contributed by atoms with E-state index in [9.17, 15) is 18.7 Å². The largest absolute Gasteiger partial charge is 0.524 e. The van der Waals surface area contributed by atoms with E-state index in [0.717, 1.165) is 12.1 Å². The van der Waals surface area contributed by atoms with Gasteiger partial charge in [-0.3, -0.25) is 29.2 Å². The minimum absolute atomic E-state index is 0.144. The van der Waals surface area contributed by atoms with E-state index in [1.165, 1.54) is 30.3 Å². The topological polar surface area (TPSA) is 210 Å². The molecule has 0 saturated carbocycles. The van der Waals surface area contributed by atoms with Gasteiger partial charge in [0.1, 0.15) is 17.2 Å². The molecule has 0 fully saturated rings. The van der Waals surface area contributed by atoms with Crippen molar-refractivity contribution in [3.8, 4) is 28.7 Å². The first kappa shape index (κ1) is 32.2. The normalized spacial score (nSPS) is 11.3. The van der Waals surface area contributed by atoms with Crippen molar-refractivity contribution in [2.45, 2.75) is 6.54 Å². The average molecular weight is 644 g/mol. The van der Waals surface area contributed by atoms with E-state index in [0.29, 0.717) is 28.5 Å². The van der Waals surface area contributed by atoms with Crippen molar-refractivity contribution in [3.05, 3.63) is 108 Å². The zero-order chi connectivity index (χ0) is 31.7. The fourth-order valence-electron chi connectivity index (χ4n) is 3.60. The van der Waals surface area contributed by atoms with E-state index in [-0.39, 0.29) is 18.0 Å². The van der Waals surface area contributed by atoms with E-state index in [4.69, 9.17) is 29.0 Å². The maximum atomic E-state index is 12.6. The summed E-state index contributed by atoms with van der Waals surface area (Å²) in [5.74, 6) is -0.534. The lowest BCUT2D eigenvalue weighted by molar-refractivity contribution is -0.123. The van der Waals surface area contributed by atoms with Gasteiger partial charge in [-0.25, -0.2) is 9.13 Å². The SMILES string of the molecule is O=C(COc1ccc(C(=O)Nc2ccc(Oc3ccccc3)cc2)cc1)NCc1ccc(OP(=O)(O)O)c(OP(=O)(O)O)c1. The number of amides is 2. The first-order chi connectivity index (χ1) is 20.8. The number of phosphoric acid groups is 2. The lowest BCUT2D eigenvalue weighted by Crippen LogP contribution is -2.28. The second-order valence-corrected chi connectivity index (χ2v) is 11.3. The fourth-order valence-corrected chi connectivity index (χ4v) is 4.41. The fraction of sp³-hybridized carbons (Fsp3) is 0.0714. The van der Waals surface area contributed by atoms with Crippen LogP contribution in [-0.4, -0.2) is 38.0 Å². The summed E-state index contributed by atoms with van der Waals surface area (Å²) in [7, 11) is -10.1. The number of anilines is 1. The average Bonchev–Trinajstić information content (AvgIpc) is 2.96. The van der Waals surface area contributed by atoms with Gasteiger partial charge in [-0.05, 0) is 78.4 Å². The molecule has 2 amide bonds. The Labute approximate surface area is 250 Å². The third-order valence-corrected chi connectivity index (χ3v) is 6.38. The number of rotatable bonds is 13. The molecule has 0 spiro atoms. The summed E-state index contributed by atoms with van der Waals surface area (Å²) in [6.45, 7) is -0.539. The van der Waals surface area contributed by atoms with Crippen LogP contribution in [0, 0.1) is 0 Å². The molecule has 0 aliphatic heterocycles. The number of benzene rings is 4. The van der Waals surface area contributed by atoms with E-state index in [1.54, 1.807) is 24.3 Å². The number of carbonyl (C=O) groups excluding carboxylic acids is 2.